The molecule has 6 heteroatoms. The highest BCUT2D eigenvalue weighted by Gasteiger charge is 1.90. The Bertz CT molecular complexity index is 85.9. The van der Waals surface area contributed by atoms with Crippen LogP contribution in [0, 0.1) is 10.1 Å². The Morgan fingerprint density at radius 3 is 2.89 bits per heavy atom. The van der Waals surface area contributed by atoms with Gasteiger partial charge >= 0.3 is 0 Å². The molecule has 0 saturated carbocycles. The van der Waals surface area contributed by atoms with E-state index in [1.54, 1.807) is 0 Å². The summed E-state index contributed by atoms with van der Waals surface area (Å²) in [4.78, 5) is 13.3. The SMILES string of the molecule is O=[N+]([O-])OCCNCO. The molecule has 2 N–H and O–H groups in total. The third-order valence-electron chi connectivity index (χ3n) is 0.587. The molecule has 0 aliphatic heterocycles. The third-order valence-corrected chi connectivity index (χ3v) is 0.587. The number of aliphatic hydroxyl groups excluding tert-OH is 1. The Kier molecular flexibility index (Phi) is 4.75. The summed E-state index contributed by atoms with van der Waals surface area (Å²) in [5.41, 5.74) is 0. The molecule has 6 nitrogen and oxygen atoms in total. The van der Waals surface area contributed by atoms with Gasteiger partial charge in [0.25, 0.3) is 5.09 Å². The van der Waals surface area contributed by atoms with Gasteiger partial charge in [0.05, 0.1) is 6.73 Å². The molecule has 0 heterocycles. The van der Waals surface area contributed by atoms with E-state index in [0.717, 1.165) is 0 Å². The summed E-state index contributed by atoms with van der Waals surface area (Å²) in [5, 5.41) is 19.1. The molecule has 0 aromatic heterocycles. The largest absolute Gasteiger partial charge is 0.381 e. The fraction of sp³-hybridized carbons (Fsp3) is 1.00. The van der Waals surface area contributed by atoms with Gasteiger partial charge in [-0.3, -0.25) is 5.32 Å². The molecule has 54 valence electrons. The van der Waals surface area contributed by atoms with Crippen LogP contribution in [0.25, 0.3) is 0 Å². The standard InChI is InChI=1S/C3H8N2O4/c6-3-4-1-2-9-5(7)8/h4,6H,1-3H2. The minimum atomic E-state index is -0.876. The molecule has 0 aliphatic carbocycles. The van der Waals surface area contributed by atoms with Gasteiger partial charge < -0.3 is 9.94 Å². The summed E-state index contributed by atoms with van der Waals surface area (Å²) >= 11 is 0. The Hall–Kier alpha value is -0.880. The van der Waals surface area contributed by atoms with E-state index in [-0.39, 0.29) is 19.9 Å². The van der Waals surface area contributed by atoms with Crippen LogP contribution in [0.1, 0.15) is 0 Å². The lowest BCUT2D eigenvalue weighted by molar-refractivity contribution is -0.757. The molecule has 0 rings (SSSR count). The van der Waals surface area contributed by atoms with Gasteiger partial charge in [-0.05, 0) is 0 Å². The Balaban J connectivity index is 2.83. The topological polar surface area (TPSA) is 84.6 Å². The smallest absolute Gasteiger partial charge is 0.294 e. The Labute approximate surface area is 51.5 Å². The van der Waals surface area contributed by atoms with Crippen molar-refractivity contribution >= 4 is 0 Å². The van der Waals surface area contributed by atoms with Crippen LogP contribution in [0.2, 0.25) is 0 Å². The number of hydrogen-bond donors (Lipinski definition) is 2. The van der Waals surface area contributed by atoms with Crippen molar-refractivity contribution in [2.75, 3.05) is 19.9 Å². The maximum absolute atomic E-state index is 9.46. The summed E-state index contributed by atoms with van der Waals surface area (Å²) in [6, 6.07) is 0. The van der Waals surface area contributed by atoms with E-state index in [4.69, 9.17) is 5.11 Å². The van der Waals surface area contributed by atoms with Crippen LogP contribution in [-0.4, -0.2) is 30.1 Å². The summed E-state index contributed by atoms with van der Waals surface area (Å²) in [6.45, 7) is 0.0477. The van der Waals surface area contributed by atoms with Gasteiger partial charge in [0, 0.05) is 6.54 Å². The van der Waals surface area contributed by atoms with E-state index >= 15 is 0 Å². The first kappa shape index (κ1) is 8.12. The third kappa shape index (κ3) is 7.12. The monoisotopic (exact) mass is 136 g/mol. The average molecular weight is 136 g/mol. The minimum Gasteiger partial charge on any atom is -0.381 e. The highest BCUT2D eigenvalue weighted by molar-refractivity contribution is 4.32. The van der Waals surface area contributed by atoms with Gasteiger partial charge in [-0.15, -0.1) is 10.1 Å². The first-order chi connectivity index (χ1) is 4.27. The van der Waals surface area contributed by atoms with Crippen LogP contribution in [0.15, 0.2) is 0 Å². The van der Waals surface area contributed by atoms with Crippen LogP contribution in [0.5, 0.6) is 0 Å². The zero-order chi connectivity index (χ0) is 7.11. The lowest BCUT2D eigenvalue weighted by Gasteiger charge is -1.97. The number of aliphatic hydroxyl groups is 1. The molecule has 0 unspecified atom stereocenters. The van der Waals surface area contributed by atoms with Crippen LogP contribution in [-0.2, 0) is 4.84 Å². The number of nitrogens with zero attached hydrogens (tertiary/aromatic N) is 1. The lowest BCUT2D eigenvalue weighted by Crippen LogP contribution is -2.21. The zero-order valence-corrected chi connectivity index (χ0v) is 4.74. The molecular formula is C3H8N2O4. The van der Waals surface area contributed by atoms with E-state index in [9.17, 15) is 10.1 Å². The van der Waals surface area contributed by atoms with Gasteiger partial charge in [-0.2, -0.15) is 0 Å². The Morgan fingerprint density at radius 1 is 1.78 bits per heavy atom. The molecule has 0 fully saturated rings. The number of hydrogen-bond acceptors (Lipinski definition) is 5. The van der Waals surface area contributed by atoms with Crippen molar-refractivity contribution in [3.8, 4) is 0 Å². The summed E-state index contributed by atoms with van der Waals surface area (Å²) in [5.74, 6) is 0. The molecule has 0 spiro atoms. The minimum absolute atomic E-state index is 0.0342. The molecule has 0 atom stereocenters. The molecule has 0 radical (unpaired) electrons. The second-order valence-corrected chi connectivity index (χ2v) is 1.21. The van der Waals surface area contributed by atoms with Crippen molar-refractivity contribution in [2.45, 2.75) is 0 Å². The van der Waals surface area contributed by atoms with Crippen molar-refractivity contribution < 1.29 is 15.0 Å². The van der Waals surface area contributed by atoms with E-state index in [1.165, 1.54) is 0 Å². The second-order valence-electron chi connectivity index (χ2n) is 1.21. The van der Waals surface area contributed by atoms with Gasteiger partial charge in [0.15, 0.2) is 0 Å². The van der Waals surface area contributed by atoms with E-state index in [0.29, 0.717) is 0 Å². The summed E-state index contributed by atoms with van der Waals surface area (Å²) in [6.07, 6.45) is 0. The van der Waals surface area contributed by atoms with Gasteiger partial charge in [0.1, 0.15) is 6.61 Å². The molecular weight excluding hydrogens is 128 g/mol. The molecule has 0 aromatic carbocycles. The van der Waals surface area contributed by atoms with Crippen molar-refractivity contribution in [2.24, 2.45) is 0 Å². The quantitative estimate of drug-likeness (QED) is 0.213. The van der Waals surface area contributed by atoms with Gasteiger partial charge in [0.2, 0.25) is 0 Å². The van der Waals surface area contributed by atoms with Gasteiger partial charge in [-0.1, -0.05) is 0 Å². The van der Waals surface area contributed by atoms with Crippen molar-refractivity contribution in [3.63, 3.8) is 0 Å². The molecule has 9 heavy (non-hydrogen) atoms. The predicted molar refractivity (Wildman–Crippen MR) is 28.0 cm³/mol. The fourth-order valence-electron chi connectivity index (χ4n) is 0.271. The predicted octanol–water partition coefficient (Wildman–Crippen LogP) is -1.27. The normalized spacial score (nSPS) is 9.00. The maximum Gasteiger partial charge on any atom is 0.294 e. The summed E-state index contributed by atoms with van der Waals surface area (Å²) < 4.78 is 0. The highest BCUT2D eigenvalue weighted by Crippen LogP contribution is 1.70. The van der Waals surface area contributed by atoms with Crippen molar-refractivity contribution in [3.05, 3.63) is 10.1 Å². The maximum atomic E-state index is 9.46. The fourth-order valence-corrected chi connectivity index (χ4v) is 0.271. The lowest BCUT2D eigenvalue weighted by atomic mass is 10.7. The molecule has 0 aliphatic rings. The van der Waals surface area contributed by atoms with E-state index in [2.05, 4.69) is 10.2 Å². The van der Waals surface area contributed by atoms with Crippen LogP contribution >= 0.6 is 0 Å². The van der Waals surface area contributed by atoms with Crippen LogP contribution in [0.3, 0.4) is 0 Å². The molecule has 0 bridgehead atoms. The van der Waals surface area contributed by atoms with E-state index < -0.39 is 5.09 Å². The van der Waals surface area contributed by atoms with Crippen molar-refractivity contribution in [1.82, 2.24) is 5.32 Å². The van der Waals surface area contributed by atoms with Gasteiger partial charge in [-0.25, -0.2) is 0 Å². The molecule has 0 saturated heterocycles. The first-order valence-corrected chi connectivity index (χ1v) is 2.36. The van der Waals surface area contributed by atoms with Crippen molar-refractivity contribution in [1.29, 1.82) is 0 Å². The summed E-state index contributed by atoms with van der Waals surface area (Å²) in [7, 11) is 0. The number of nitrogens with one attached hydrogen (secondary N) is 1. The molecule has 0 aromatic rings. The first-order valence-electron chi connectivity index (χ1n) is 2.36. The Morgan fingerprint density at radius 2 is 2.44 bits per heavy atom. The van der Waals surface area contributed by atoms with Crippen LogP contribution < -0.4 is 5.32 Å². The number of rotatable bonds is 5. The zero-order valence-electron chi connectivity index (χ0n) is 4.74. The van der Waals surface area contributed by atoms with Crippen LogP contribution in [0.4, 0.5) is 0 Å². The van der Waals surface area contributed by atoms with E-state index in [1.807, 2.05) is 0 Å². The molecule has 0 amide bonds. The second kappa shape index (κ2) is 5.26. The highest BCUT2D eigenvalue weighted by atomic mass is 16.9. The average Bonchev–Trinajstić information content (AvgIpc) is 1.80.